The molecule has 4 heteroatoms. The van der Waals surface area contributed by atoms with Crippen LogP contribution < -0.4 is 0 Å². The average molecular weight is 254 g/mol. The summed E-state index contributed by atoms with van der Waals surface area (Å²) < 4.78 is 0. The molecule has 1 heterocycles. The Labute approximate surface area is 110 Å². The Kier molecular flexibility index (Phi) is 5.45. The second-order valence-electron chi connectivity index (χ2n) is 5.70. The summed E-state index contributed by atoms with van der Waals surface area (Å²) in [4.78, 5) is 16.4. The van der Waals surface area contributed by atoms with Gasteiger partial charge in [0.1, 0.15) is 0 Å². The molecule has 0 aromatic rings. The molecule has 104 valence electrons. The van der Waals surface area contributed by atoms with E-state index in [9.17, 15) is 4.79 Å². The molecular formula is C14H26N2O2. The normalized spacial score (nSPS) is 22.9. The highest BCUT2D eigenvalue weighted by atomic mass is 16.2. The van der Waals surface area contributed by atoms with Crippen molar-refractivity contribution in [2.24, 2.45) is 5.92 Å². The van der Waals surface area contributed by atoms with Crippen molar-refractivity contribution in [1.29, 1.82) is 0 Å². The summed E-state index contributed by atoms with van der Waals surface area (Å²) in [5.74, 6) is 1.06. The molecule has 0 unspecified atom stereocenters. The number of nitrogens with zero attached hydrogens (tertiary/aromatic N) is 2. The number of hydrogen-bond donors (Lipinski definition) is 1. The fourth-order valence-electron chi connectivity index (χ4n) is 3.09. The van der Waals surface area contributed by atoms with Gasteiger partial charge in [0.05, 0.1) is 6.54 Å². The molecule has 1 N–H and O–H groups in total. The van der Waals surface area contributed by atoms with Crippen LogP contribution >= 0.6 is 0 Å². The number of unbranched alkanes of at least 4 members (excludes halogenated alkanes) is 1. The molecule has 1 aliphatic carbocycles. The molecule has 2 fully saturated rings. The standard InChI is InChI=1S/C14H26N2O2/c17-10-4-3-7-15-8-9-16(14(18)12-15)11-13-5-1-2-6-13/h13,17H,1-12H2. The average Bonchev–Trinajstić information content (AvgIpc) is 2.86. The van der Waals surface area contributed by atoms with Gasteiger partial charge in [0, 0.05) is 26.2 Å². The summed E-state index contributed by atoms with van der Waals surface area (Å²) >= 11 is 0. The minimum absolute atomic E-state index is 0.260. The van der Waals surface area contributed by atoms with Gasteiger partial charge in [0.15, 0.2) is 0 Å². The first-order valence-electron chi connectivity index (χ1n) is 7.40. The lowest BCUT2D eigenvalue weighted by Gasteiger charge is -2.35. The topological polar surface area (TPSA) is 43.8 Å². The Bertz CT molecular complexity index is 265. The maximum Gasteiger partial charge on any atom is 0.236 e. The summed E-state index contributed by atoms with van der Waals surface area (Å²) in [7, 11) is 0. The van der Waals surface area contributed by atoms with Gasteiger partial charge in [-0.05, 0) is 38.1 Å². The zero-order valence-electron chi connectivity index (χ0n) is 11.3. The Balaban J connectivity index is 1.69. The van der Waals surface area contributed by atoms with Crippen LogP contribution in [0.1, 0.15) is 38.5 Å². The van der Waals surface area contributed by atoms with Gasteiger partial charge in [-0.15, -0.1) is 0 Å². The van der Waals surface area contributed by atoms with E-state index in [1.165, 1.54) is 25.7 Å². The van der Waals surface area contributed by atoms with Crippen LogP contribution in [-0.4, -0.2) is 60.1 Å². The largest absolute Gasteiger partial charge is 0.396 e. The van der Waals surface area contributed by atoms with Gasteiger partial charge < -0.3 is 10.0 Å². The molecule has 0 aromatic heterocycles. The number of carbonyl (C=O) groups is 1. The number of piperazine rings is 1. The van der Waals surface area contributed by atoms with Crippen molar-refractivity contribution >= 4 is 5.91 Å². The highest BCUT2D eigenvalue weighted by molar-refractivity contribution is 5.79. The zero-order chi connectivity index (χ0) is 12.8. The third-order valence-electron chi connectivity index (χ3n) is 4.23. The molecule has 1 amide bonds. The second-order valence-corrected chi connectivity index (χ2v) is 5.70. The monoisotopic (exact) mass is 254 g/mol. The molecule has 1 aliphatic heterocycles. The first-order valence-corrected chi connectivity index (χ1v) is 7.40. The second kappa shape index (κ2) is 7.10. The fourth-order valence-corrected chi connectivity index (χ4v) is 3.09. The summed E-state index contributed by atoms with van der Waals surface area (Å²) in [5.41, 5.74) is 0. The predicted octanol–water partition coefficient (Wildman–Crippen LogP) is 1.09. The quantitative estimate of drug-likeness (QED) is 0.722. The molecule has 18 heavy (non-hydrogen) atoms. The minimum atomic E-state index is 0.260. The van der Waals surface area contributed by atoms with Crippen molar-refractivity contribution in [1.82, 2.24) is 9.80 Å². The SMILES string of the molecule is O=C1CN(CCCCO)CCN1CC1CCCC1. The van der Waals surface area contributed by atoms with Crippen molar-refractivity contribution in [3.8, 4) is 0 Å². The highest BCUT2D eigenvalue weighted by Crippen LogP contribution is 2.25. The van der Waals surface area contributed by atoms with E-state index in [4.69, 9.17) is 5.11 Å². The van der Waals surface area contributed by atoms with Crippen LogP contribution in [0.4, 0.5) is 0 Å². The van der Waals surface area contributed by atoms with Crippen LogP contribution in [0.15, 0.2) is 0 Å². The Hall–Kier alpha value is -0.610. The first-order chi connectivity index (χ1) is 8.79. The van der Waals surface area contributed by atoms with Crippen LogP contribution in [-0.2, 0) is 4.79 Å². The number of aliphatic hydroxyl groups is 1. The predicted molar refractivity (Wildman–Crippen MR) is 71.3 cm³/mol. The maximum absolute atomic E-state index is 12.1. The van der Waals surface area contributed by atoms with Crippen LogP contribution in [0, 0.1) is 5.92 Å². The number of aliphatic hydroxyl groups excluding tert-OH is 1. The molecule has 2 aliphatic rings. The molecule has 0 radical (unpaired) electrons. The number of hydrogen-bond acceptors (Lipinski definition) is 3. The van der Waals surface area contributed by atoms with E-state index in [0.29, 0.717) is 12.5 Å². The lowest BCUT2D eigenvalue weighted by molar-refractivity contribution is -0.136. The Morgan fingerprint density at radius 2 is 1.94 bits per heavy atom. The van der Waals surface area contributed by atoms with Gasteiger partial charge >= 0.3 is 0 Å². The van der Waals surface area contributed by atoms with E-state index in [0.717, 1.165) is 44.9 Å². The molecular weight excluding hydrogens is 228 g/mol. The first kappa shape index (κ1) is 13.8. The van der Waals surface area contributed by atoms with Gasteiger partial charge in [0.25, 0.3) is 0 Å². The van der Waals surface area contributed by atoms with Gasteiger partial charge in [-0.2, -0.15) is 0 Å². The Morgan fingerprint density at radius 3 is 2.61 bits per heavy atom. The lowest BCUT2D eigenvalue weighted by atomic mass is 10.1. The van der Waals surface area contributed by atoms with Crippen LogP contribution in [0.5, 0.6) is 0 Å². The molecule has 4 nitrogen and oxygen atoms in total. The van der Waals surface area contributed by atoms with Crippen molar-refractivity contribution in [2.45, 2.75) is 38.5 Å². The maximum atomic E-state index is 12.1. The molecule has 2 rings (SSSR count). The number of rotatable bonds is 6. The third kappa shape index (κ3) is 3.95. The van der Waals surface area contributed by atoms with E-state index in [2.05, 4.69) is 9.80 Å². The van der Waals surface area contributed by atoms with Gasteiger partial charge in [-0.3, -0.25) is 9.69 Å². The number of amides is 1. The van der Waals surface area contributed by atoms with Crippen molar-refractivity contribution in [2.75, 3.05) is 39.3 Å². The summed E-state index contributed by atoms with van der Waals surface area (Å²) in [6.07, 6.45) is 7.15. The van der Waals surface area contributed by atoms with Crippen LogP contribution in [0.25, 0.3) is 0 Å². The summed E-state index contributed by atoms with van der Waals surface area (Å²) in [6.45, 7) is 4.68. The zero-order valence-corrected chi connectivity index (χ0v) is 11.3. The molecule has 1 saturated heterocycles. The van der Waals surface area contributed by atoms with E-state index in [-0.39, 0.29) is 6.61 Å². The van der Waals surface area contributed by atoms with Crippen molar-refractivity contribution in [3.05, 3.63) is 0 Å². The molecule has 0 bridgehead atoms. The van der Waals surface area contributed by atoms with Gasteiger partial charge in [-0.25, -0.2) is 0 Å². The summed E-state index contributed by atoms with van der Waals surface area (Å²) in [5, 5.41) is 8.76. The minimum Gasteiger partial charge on any atom is -0.396 e. The van der Waals surface area contributed by atoms with Crippen molar-refractivity contribution in [3.63, 3.8) is 0 Å². The van der Waals surface area contributed by atoms with Gasteiger partial charge in [-0.1, -0.05) is 12.8 Å². The number of carbonyl (C=O) groups excluding carboxylic acids is 1. The van der Waals surface area contributed by atoms with Crippen molar-refractivity contribution < 1.29 is 9.90 Å². The third-order valence-corrected chi connectivity index (χ3v) is 4.23. The highest BCUT2D eigenvalue weighted by Gasteiger charge is 2.26. The summed E-state index contributed by atoms with van der Waals surface area (Å²) in [6, 6.07) is 0. The lowest BCUT2D eigenvalue weighted by Crippen LogP contribution is -2.51. The van der Waals surface area contributed by atoms with Crippen LogP contribution in [0.3, 0.4) is 0 Å². The molecule has 0 atom stereocenters. The van der Waals surface area contributed by atoms with E-state index in [1.807, 2.05) is 0 Å². The Morgan fingerprint density at radius 1 is 1.17 bits per heavy atom. The molecule has 1 saturated carbocycles. The fraction of sp³-hybridized carbons (Fsp3) is 0.929. The van der Waals surface area contributed by atoms with Gasteiger partial charge in [0.2, 0.25) is 5.91 Å². The molecule has 0 spiro atoms. The van der Waals surface area contributed by atoms with E-state index < -0.39 is 0 Å². The van der Waals surface area contributed by atoms with E-state index in [1.54, 1.807) is 0 Å². The smallest absolute Gasteiger partial charge is 0.236 e. The van der Waals surface area contributed by atoms with Crippen LogP contribution in [0.2, 0.25) is 0 Å². The van der Waals surface area contributed by atoms with E-state index >= 15 is 0 Å². The molecule has 0 aromatic carbocycles.